The highest BCUT2D eigenvalue weighted by atomic mass is 19.3. The molecule has 24 heavy (non-hydrogen) atoms. The van der Waals surface area contributed by atoms with Gasteiger partial charge in [-0.05, 0) is 17.7 Å². The van der Waals surface area contributed by atoms with Gasteiger partial charge in [0.25, 0.3) is 0 Å². The van der Waals surface area contributed by atoms with Gasteiger partial charge < -0.3 is 14.8 Å². The van der Waals surface area contributed by atoms with E-state index in [1.165, 1.54) is 25.3 Å². The van der Waals surface area contributed by atoms with Crippen LogP contribution in [0.5, 0.6) is 11.5 Å². The molecule has 0 atom stereocenters. The van der Waals surface area contributed by atoms with E-state index in [0.29, 0.717) is 5.56 Å². The van der Waals surface area contributed by atoms with Crippen molar-refractivity contribution in [3.05, 3.63) is 23.8 Å². The first-order valence-electron chi connectivity index (χ1n) is 7.12. The van der Waals surface area contributed by atoms with Gasteiger partial charge in [-0.1, -0.05) is 6.07 Å². The van der Waals surface area contributed by atoms with Gasteiger partial charge in [0.05, 0.1) is 7.11 Å². The molecule has 130 valence electrons. The maximum atomic E-state index is 12.3. The lowest BCUT2D eigenvalue weighted by molar-refractivity contribution is -0.142. The van der Waals surface area contributed by atoms with E-state index in [2.05, 4.69) is 10.1 Å². The molecule has 0 unspecified atom stereocenters. The Morgan fingerprint density at radius 2 is 1.92 bits per heavy atom. The zero-order chi connectivity index (χ0) is 17.7. The molecule has 0 bridgehead atoms. The first-order chi connectivity index (χ1) is 11.4. The van der Waals surface area contributed by atoms with Crippen molar-refractivity contribution in [2.24, 2.45) is 0 Å². The molecular formula is C15H16F2N2O5. The van der Waals surface area contributed by atoms with Crippen LogP contribution >= 0.6 is 0 Å². The number of likely N-dealkylation sites (tertiary alicyclic amines) is 1. The molecule has 9 heteroatoms. The number of hydrogen-bond acceptors (Lipinski definition) is 5. The molecule has 1 aliphatic rings. The number of nitrogens with zero attached hydrogens (tertiary/aromatic N) is 1. The van der Waals surface area contributed by atoms with Crippen LogP contribution in [0, 0.1) is 0 Å². The zero-order valence-corrected chi connectivity index (χ0v) is 12.9. The van der Waals surface area contributed by atoms with Crippen LogP contribution in [0.3, 0.4) is 0 Å². The number of nitrogens with one attached hydrogen (secondary N) is 1. The lowest BCUT2D eigenvalue weighted by Crippen LogP contribution is -2.39. The van der Waals surface area contributed by atoms with E-state index in [1.807, 2.05) is 0 Å². The Hall–Kier alpha value is -2.71. The number of halogens is 2. The van der Waals surface area contributed by atoms with Crippen molar-refractivity contribution in [1.82, 2.24) is 10.2 Å². The van der Waals surface area contributed by atoms with Crippen molar-refractivity contribution in [2.45, 2.75) is 26.0 Å². The molecule has 7 nitrogen and oxygen atoms in total. The van der Waals surface area contributed by atoms with Gasteiger partial charge in [0, 0.05) is 19.4 Å². The minimum Gasteiger partial charge on any atom is -0.493 e. The number of hydrogen-bond donors (Lipinski definition) is 1. The molecule has 1 fully saturated rings. The fourth-order valence-corrected chi connectivity index (χ4v) is 2.21. The summed E-state index contributed by atoms with van der Waals surface area (Å²) in [6.45, 7) is -3.22. The van der Waals surface area contributed by atoms with Crippen LogP contribution in [0.15, 0.2) is 18.2 Å². The summed E-state index contributed by atoms with van der Waals surface area (Å²) in [6.07, 6.45) is 0.240. The highest BCUT2D eigenvalue weighted by Gasteiger charge is 2.30. The number of alkyl halides is 2. The minimum atomic E-state index is -2.97. The predicted octanol–water partition coefficient (Wildman–Crippen LogP) is 1.06. The largest absolute Gasteiger partial charge is 0.493 e. The van der Waals surface area contributed by atoms with Crippen LogP contribution in [0.25, 0.3) is 0 Å². The van der Waals surface area contributed by atoms with Crippen molar-refractivity contribution in [3.8, 4) is 11.5 Å². The maximum Gasteiger partial charge on any atom is 0.387 e. The minimum absolute atomic E-state index is 0.0837. The van der Waals surface area contributed by atoms with Crippen LogP contribution in [0.2, 0.25) is 0 Å². The first-order valence-corrected chi connectivity index (χ1v) is 7.12. The van der Waals surface area contributed by atoms with Gasteiger partial charge in [-0.2, -0.15) is 8.78 Å². The molecule has 1 heterocycles. The summed E-state index contributed by atoms with van der Waals surface area (Å²) >= 11 is 0. The number of carbonyl (C=O) groups excluding carboxylic acids is 3. The van der Waals surface area contributed by atoms with E-state index in [1.54, 1.807) is 0 Å². The van der Waals surface area contributed by atoms with Gasteiger partial charge >= 0.3 is 6.61 Å². The summed E-state index contributed by atoms with van der Waals surface area (Å²) in [4.78, 5) is 35.6. The van der Waals surface area contributed by atoms with E-state index < -0.39 is 12.5 Å². The standard InChI is InChI=1S/C15H16F2N2O5/c1-23-11-6-9(2-3-10(11)24-15(16)17)7-18-12(20)8-19-13(21)4-5-14(19)22/h2-3,6,15H,4-5,7-8H2,1H3,(H,18,20). The average Bonchev–Trinajstić information content (AvgIpc) is 2.85. The molecule has 2 rings (SSSR count). The van der Waals surface area contributed by atoms with Crippen molar-refractivity contribution in [3.63, 3.8) is 0 Å². The molecule has 0 radical (unpaired) electrons. The second-order valence-corrected chi connectivity index (χ2v) is 5.01. The molecule has 1 N–H and O–H groups in total. The Balaban J connectivity index is 1.92. The van der Waals surface area contributed by atoms with E-state index in [4.69, 9.17) is 4.74 Å². The number of carbonyl (C=O) groups is 3. The molecular weight excluding hydrogens is 326 g/mol. The summed E-state index contributed by atoms with van der Waals surface area (Å²) in [5.74, 6) is -1.25. The third-order valence-electron chi connectivity index (χ3n) is 3.39. The molecule has 1 aromatic carbocycles. The van der Waals surface area contributed by atoms with Gasteiger partial charge in [0.1, 0.15) is 6.54 Å². The third kappa shape index (κ3) is 4.40. The molecule has 1 aliphatic heterocycles. The SMILES string of the molecule is COc1cc(CNC(=O)CN2C(=O)CCC2=O)ccc1OC(F)F. The van der Waals surface area contributed by atoms with Crippen LogP contribution in [0.1, 0.15) is 18.4 Å². The monoisotopic (exact) mass is 342 g/mol. The Labute approximate surface area is 136 Å². The van der Waals surface area contributed by atoms with Gasteiger partial charge in [-0.3, -0.25) is 19.3 Å². The summed E-state index contributed by atoms with van der Waals surface area (Å²) in [6, 6.07) is 4.25. The Morgan fingerprint density at radius 3 is 2.50 bits per heavy atom. The summed E-state index contributed by atoms with van der Waals surface area (Å²) in [7, 11) is 1.31. The van der Waals surface area contributed by atoms with Crippen molar-refractivity contribution < 1.29 is 32.6 Å². The molecule has 0 aliphatic carbocycles. The Bertz CT molecular complexity index is 635. The predicted molar refractivity (Wildman–Crippen MR) is 77.4 cm³/mol. The number of benzene rings is 1. The number of rotatable bonds is 7. The highest BCUT2D eigenvalue weighted by molar-refractivity contribution is 6.04. The Morgan fingerprint density at radius 1 is 1.25 bits per heavy atom. The molecule has 3 amide bonds. The van der Waals surface area contributed by atoms with Gasteiger partial charge in [0.15, 0.2) is 11.5 Å². The van der Waals surface area contributed by atoms with Crippen LogP contribution in [-0.4, -0.2) is 42.9 Å². The molecule has 0 spiro atoms. The lowest BCUT2D eigenvalue weighted by Gasteiger charge is -2.14. The lowest BCUT2D eigenvalue weighted by atomic mass is 10.2. The quantitative estimate of drug-likeness (QED) is 0.749. The number of imide groups is 1. The van der Waals surface area contributed by atoms with Gasteiger partial charge in [-0.15, -0.1) is 0 Å². The number of ether oxygens (including phenoxy) is 2. The summed E-state index contributed by atoms with van der Waals surface area (Å²) < 4.78 is 33.8. The van der Waals surface area contributed by atoms with Gasteiger partial charge in [0.2, 0.25) is 17.7 Å². The molecule has 0 aromatic heterocycles. The number of methoxy groups -OCH3 is 1. The fraction of sp³-hybridized carbons (Fsp3) is 0.400. The number of amides is 3. The summed E-state index contributed by atoms with van der Waals surface area (Å²) in [5.41, 5.74) is 0.584. The molecule has 0 saturated carbocycles. The van der Waals surface area contributed by atoms with Crippen molar-refractivity contribution >= 4 is 17.7 Å². The third-order valence-corrected chi connectivity index (χ3v) is 3.39. The molecule has 1 saturated heterocycles. The van der Waals surface area contributed by atoms with E-state index >= 15 is 0 Å². The fourth-order valence-electron chi connectivity index (χ4n) is 2.21. The summed E-state index contributed by atoms with van der Waals surface area (Å²) in [5, 5.41) is 2.55. The van der Waals surface area contributed by atoms with E-state index in [-0.39, 0.29) is 49.2 Å². The second kappa shape index (κ2) is 7.71. The topological polar surface area (TPSA) is 84.9 Å². The average molecular weight is 342 g/mol. The van der Waals surface area contributed by atoms with Crippen molar-refractivity contribution in [2.75, 3.05) is 13.7 Å². The molecule has 1 aromatic rings. The van der Waals surface area contributed by atoms with Crippen LogP contribution in [0.4, 0.5) is 8.78 Å². The normalized spacial score (nSPS) is 14.2. The van der Waals surface area contributed by atoms with E-state index in [0.717, 1.165) is 4.90 Å². The second-order valence-electron chi connectivity index (χ2n) is 5.01. The van der Waals surface area contributed by atoms with Crippen LogP contribution in [-0.2, 0) is 20.9 Å². The Kier molecular flexibility index (Phi) is 5.67. The van der Waals surface area contributed by atoms with Gasteiger partial charge in [-0.25, -0.2) is 0 Å². The maximum absolute atomic E-state index is 12.3. The smallest absolute Gasteiger partial charge is 0.387 e. The van der Waals surface area contributed by atoms with Crippen LogP contribution < -0.4 is 14.8 Å². The van der Waals surface area contributed by atoms with Crippen molar-refractivity contribution in [1.29, 1.82) is 0 Å². The first kappa shape index (κ1) is 17.6. The highest BCUT2D eigenvalue weighted by Crippen LogP contribution is 2.29. The van der Waals surface area contributed by atoms with E-state index in [9.17, 15) is 23.2 Å². The zero-order valence-electron chi connectivity index (χ0n) is 12.9.